The zero-order valence-electron chi connectivity index (χ0n) is 13.0. The molecule has 0 aromatic rings. The van der Waals surface area contributed by atoms with Crippen LogP contribution in [-0.4, -0.2) is 23.3 Å². The molecule has 0 saturated carbocycles. The molecule has 0 saturated heterocycles. The number of hydrogen-bond acceptors (Lipinski definition) is 3. The van der Waals surface area contributed by atoms with Gasteiger partial charge >= 0.3 is 0 Å². The Labute approximate surface area is 125 Å². The molecule has 0 rings (SSSR count). The van der Waals surface area contributed by atoms with E-state index in [0.717, 1.165) is 12.8 Å². The summed E-state index contributed by atoms with van der Waals surface area (Å²) in [7, 11) is 0. The van der Waals surface area contributed by atoms with Gasteiger partial charge in [0, 0.05) is 6.61 Å². The molecule has 0 aliphatic heterocycles. The van der Waals surface area contributed by atoms with Gasteiger partial charge in [0.2, 0.25) is 0 Å². The lowest BCUT2D eigenvalue weighted by molar-refractivity contribution is 0.0151. The molecule has 0 amide bonds. The van der Waals surface area contributed by atoms with E-state index in [2.05, 4.69) is 19.6 Å². The van der Waals surface area contributed by atoms with Crippen LogP contribution in [0.2, 0.25) is 0 Å². The molecule has 0 aliphatic carbocycles. The van der Waals surface area contributed by atoms with Gasteiger partial charge in [0.1, 0.15) is 4.93 Å². The average Bonchev–Trinajstić information content (AvgIpc) is 2.38. The summed E-state index contributed by atoms with van der Waals surface area (Å²) < 4.78 is 5.21. The Bertz CT molecular complexity index is 184. The molecule has 0 heterocycles. The third-order valence-corrected chi connectivity index (χ3v) is 3.82. The highest BCUT2D eigenvalue weighted by atomic mass is 32.1. The number of rotatable bonds is 14. The first kappa shape index (κ1) is 19.3. The number of aliphatic hydroxyl groups is 1. The molecule has 2 nitrogen and oxygen atoms in total. The van der Waals surface area contributed by atoms with Crippen molar-refractivity contribution in [3.05, 3.63) is 0 Å². The fourth-order valence-electron chi connectivity index (χ4n) is 2.23. The molecule has 0 aromatic heterocycles. The molecular weight excluding hydrogens is 256 g/mol. The minimum absolute atomic E-state index is 0.337. The van der Waals surface area contributed by atoms with Crippen molar-refractivity contribution in [3.63, 3.8) is 0 Å². The first-order valence-electron chi connectivity index (χ1n) is 8.15. The van der Waals surface area contributed by atoms with Crippen LogP contribution in [0.3, 0.4) is 0 Å². The summed E-state index contributed by atoms with van der Waals surface area (Å²) in [4.78, 5) is -0.934. The van der Waals surface area contributed by atoms with E-state index in [4.69, 9.17) is 4.74 Å². The Kier molecular flexibility index (Phi) is 13.5. The number of thiol groups is 1. The fraction of sp³-hybridized carbons (Fsp3) is 1.00. The van der Waals surface area contributed by atoms with Gasteiger partial charge in [-0.1, -0.05) is 64.7 Å². The molecule has 19 heavy (non-hydrogen) atoms. The van der Waals surface area contributed by atoms with E-state index in [1.54, 1.807) is 0 Å². The Hall–Kier alpha value is 0.270. The maximum absolute atomic E-state index is 9.91. The Morgan fingerprint density at radius 2 is 1.32 bits per heavy atom. The van der Waals surface area contributed by atoms with Gasteiger partial charge in [-0.15, -0.1) is 12.6 Å². The quantitative estimate of drug-likeness (QED) is 0.269. The number of hydrogen-bond donors (Lipinski definition) is 2. The molecule has 0 bridgehead atoms. The Morgan fingerprint density at radius 1 is 0.842 bits per heavy atom. The van der Waals surface area contributed by atoms with Crippen molar-refractivity contribution in [2.45, 2.75) is 89.4 Å². The van der Waals surface area contributed by atoms with Crippen molar-refractivity contribution in [3.8, 4) is 0 Å². The topological polar surface area (TPSA) is 29.5 Å². The summed E-state index contributed by atoms with van der Waals surface area (Å²) in [6.07, 6.45) is 13.9. The van der Waals surface area contributed by atoms with Crippen LogP contribution in [0.5, 0.6) is 0 Å². The molecule has 116 valence electrons. The molecule has 3 heteroatoms. The number of ether oxygens (including phenoxy) is 1. The SMILES string of the molecule is CCCCCCCCCCCCC(O)(S)COCC. The third kappa shape index (κ3) is 14.5. The van der Waals surface area contributed by atoms with E-state index in [0.29, 0.717) is 13.2 Å². The predicted octanol–water partition coefficient (Wildman–Crippen LogP) is 4.95. The summed E-state index contributed by atoms with van der Waals surface area (Å²) in [6, 6.07) is 0. The average molecular weight is 291 g/mol. The highest BCUT2D eigenvalue weighted by molar-refractivity contribution is 7.81. The van der Waals surface area contributed by atoms with E-state index >= 15 is 0 Å². The van der Waals surface area contributed by atoms with Gasteiger partial charge in [-0.2, -0.15) is 0 Å². The zero-order chi connectivity index (χ0) is 14.4. The molecular formula is C16H34O2S. The predicted molar refractivity (Wildman–Crippen MR) is 86.9 cm³/mol. The van der Waals surface area contributed by atoms with Crippen molar-refractivity contribution in [1.82, 2.24) is 0 Å². The molecule has 0 aliphatic rings. The van der Waals surface area contributed by atoms with Crippen LogP contribution in [0.1, 0.15) is 84.5 Å². The van der Waals surface area contributed by atoms with E-state index < -0.39 is 4.93 Å². The second-order valence-electron chi connectivity index (χ2n) is 5.55. The molecule has 0 aromatic carbocycles. The maximum atomic E-state index is 9.91. The van der Waals surface area contributed by atoms with E-state index in [-0.39, 0.29) is 0 Å². The molecule has 1 unspecified atom stereocenters. The molecule has 0 spiro atoms. The van der Waals surface area contributed by atoms with Gasteiger partial charge in [-0.3, -0.25) is 0 Å². The van der Waals surface area contributed by atoms with E-state index in [9.17, 15) is 5.11 Å². The smallest absolute Gasteiger partial charge is 0.130 e. The van der Waals surface area contributed by atoms with Crippen LogP contribution in [0.4, 0.5) is 0 Å². The lowest BCUT2D eigenvalue weighted by Crippen LogP contribution is -2.27. The van der Waals surface area contributed by atoms with Crippen LogP contribution in [0, 0.1) is 0 Å². The van der Waals surface area contributed by atoms with Crippen LogP contribution in [0.15, 0.2) is 0 Å². The zero-order valence-corrected chi connectivity index (χ0v) is 13.9. The maximum Gasteiger partial charge on any atom is 0.130 e. The van der Waals surface area contributed by atoms with Crippen LogP contribution >= 0.6 is 12.6 Å². The normalized spacial score (nSPS) is 14.5. The Balaban J connectivity index is 3.21. The first-order chi connectivity index (χ1) is 9.12. The van der Waals surface area contributed by atoms with Crippen LogP contribution in [-0.2, 0) is 4.74 Å². The molecule has 1 N–H and O–H groups in total. The van der Waals surface area contributed by atoms with Crippen molar-refractivity contribution in [1.29, 1.82) is 0 Å². The third-order valence-electron chi connectivity index (χ3n) is 3.47. The van der Waals surface area contributed by atoms with E-state index in [1.807, 2.05) is 6.92 Å². The van der Waals surface area contributed by atoms with Gasteiger partial charge in [0.15, 0.2) is 0 Å². The summed E-state index contributed by atoms with van der Waals surface area (Å²) in [5.74, 6) is 0. The second-order valence-corrected chi connectivity index (χ2v) is 6.38. The van der Waals surface area contributed by atoms with Gasteiger partial charge in [0.05, 0.1) is 6.61 Å². The van der Waals surface area contributed by atoms with Crippen LogP contribution < -0.4 is 0 Å². The fourth-order valence-corrected chi connectivity index (χ4v) is 2.48. The monoisotopic (exact) mass is 290 g/mol. The highest BCUT2D eigenvalue weighted by Crippen LogP contribution is 2.20. The van der Waals surface area contributed by atoms with Crippen molar-refractivity contribution < 1.29 is 9.84 Å². The van der Waals surface area contributed by atoms with Crippen molar-refractivity contribution >= 4 is 12.6 Å². The van der Waals surface area contributed by atoms with Gasteiger partial charge in [-0.05, 0) is 19.8 Å². The molecule has 0 radical (unpaired) electrons. The lowest BCUT2D eigenvalue weighted by Gasteiger charge is -2.21. The molecule has 1 atom stereocenters. The van der Waals surface area contributed by atoms with Gasteiger partial charge in [0.25, 0.3) is 0 Å². The van der Waals surface area contributed by atoms with Gasteiger partial charge in [-0.25, -0.2) is 0 Å². The summed E-state index contributed by atoms with van der Waals surface area (Å²) in [5, 5.41) is 9.91. The van der Waals surface area contributed by atoms with Crippen LogP contribution in [0.25, 0.3) is 0 Å². The summed E-state index contributed by atoms with van der Waals surface area (Å²) in [5.41, 5.74) is 0. The minimum atomic E-state index is -0.934. The van der Waals surface area contributed by atoms with Crippen molar-refractivity contribution in [2.75, 3.05) is 13.2 Å². The standard InChI is InChI=1S/C16H34O2S/c1-3-5-6-7-8-9-10-11-12-13-14-16(17,19)15-18-4-2/h17,19H,3-15H2,1-2H3. The summed E-state index contributed by atoms with van der Waals surface area (Å²) in [6.45, 7) is 5.17. The minimum Gasteiger partial charge on any atom is -0.378 e. The Morgan fingerprint density at radius 3 is 1.79 bits per heavy atom. The molecule has 0 fully saturated rings. The van der Waals surface area contributed by atoms with E-state index in [1.165, 1.54) is 57.8 Å². The lowest BCUT2D eigenvalue weighted by atomic mass is 10.0. The largest absolute Gasteiger partial charge is 0.378 e. The van der Waals surface area contributed by atoms with Crippen molar-refractivity contribution in [2.24, 2.45) is 0 Å². The highest BCUT2D eigenvalue weighted by Gasteiger charge is 2.20. The first-order valence-corrected chi connectivity index (χ1v) is 8.59. The second kappa shape index (κ2) is 13.3. The van der Waals surface area contributed by atoms with Gasteiger partial charge < -0.3 is 9.84 Å². The number of unbranched alkanes of at least 4 members (excludes halogenated alkanes) is 9. The summed E-state index contributed by atoms with van der Waals surface area (Å²) >= 11 is 4.24.